The molecule has 0 aliphatic rings. The van der Waals surface area contributed by atoms with Gasteiger partial charge in [-0.25, -0.2) is 4.98 Å². The van der Waals surface area contributed by atoms with Crippen LogP contribution in [0.1, 0.15) is 5.82 Å². The smallest absolute Gasteiger partial charge is 0.235 e. The molecule has 0 radical (unpaired) electrons. The molecule has 0 unspecified atom stereocenters. The van der Waals surface area contributed by atoms with Crippen molar-refractivity contribution in [2.75, 3.05) is 13.2 Å². The van der Waals surface area contributed by atoms with E-state index in [4.69, 9.17) is 15.7 Å². The van der Waals surface area contributed by atoms with Gasteiger partial charge in [0.15, 0.2) is 0 Å². The maximum atomic E-state index is 8.43. The van der Waals surface area contributed by atoms with Crippen molar-refractivity contribution in [1.29, 1.82) is 5.26 Å². The number of hydrogen-bond donors (Lipinski definition) is 1. The Kier molecular flexibility index (Phi) is 2.99. The molecule has 5 nitrogen and oxygen atoms in total. The van der Waals surface area contributed by atoms with E-state index in [2.05, 4.69) is 9.97 Å². The van der Waals surface area contributed by atoms with Crippen LogP contribution in [0, 0.1) is 11.3 Å². The summed E-state index contributed by atoms with van der Waals surface area (Å²) in [5, 5.41) is 8.43. The summed E-state index contributed by atoms with van der Waals surface area (Å²) >= 11 is 0. The monoisotopic (exact) mass is 164 g/mol. The molecule has 0 saturated carbocycles. The molecule has 0 aliphatic heterocycles. The van der Waals surface area contributed by atoms with E-state index in [0.717, 1.165) is 0 Å². The summed E-state index contributed by atoms with van der Waals surface area (Å²) in [6.45, 7) is 0.813. The highest BCUT2D eigenvalue weighted by atomic mass is 16.5. The predicted octanol–water partition coefficient (Wildman–Crippen LogP) is -0.314. The Morgan fingerprint density at radius 2 is 2.50 bits per heavy atom. The van der Waals surface area contributed by atoms with Gasteiger partial charge in [0, 0.05) is 18.8 Å². The van der Waals surface area contributed by atoms with Crippen molar-refractivity contribution in [3.05, 3.63) is 18.1 Å². The van der Waals surface area contributed by atoms with Crippen LogP contribution in [0.2, 0.25) is 0 Å². The van der Waals surface area contributed by atoms with Crippen molar-refractivity contribution in [2.24, 2.45) is 5.73 Å². The number of aromatic nitrogens is 2. The minimum Gasteiger partial charge on any atom is -0.476 e. The third-order valence-electron chi connectivity index (χ3n) is 1.10. The molecule has 62 valence electrons. The van der Waals surface area contributed by atoms with Crippen molar-refractivity contribution in [1.82, 2.24) is 9.97 Å². The third kappa shape index (κ3) is 2.18. The van der Waals surface area contributed by atoms with Crippen LogP contribution >= 0.6 is 0 Å². The van der Waals surface area contributed by atoms with Crippen LogP contribution in [0.25, 0.3) is 0 Å². The Morgan fingerprint density at radius 1 is 1.67 bits per heavy atom. The minimum absolute atomic E-state index is 0.101. The Labute approximate surface area is 69.8 Å². The van der Waals surface area contributed by atoms with Crippen LogP contribution in [0.4, 0.5) is 0 Å². The Bertz CT molecular complexity index is 294. The van der Waals surface area contributed by atoms with Crippen molar-refractivity contribution in [3.8, 4) is 11.9 Å². The van der Waals surface area contributed by atoms with Gasteiger partial charge in [0.25, 0.3) is 0 Å². The van der Waals surface area contributed by atoms with E-state index < -0.39 is 0 Å². The summed E-state index contributed by atoms with van der Waals surface area (Å²) in [6.07, 6.45) is 1.47. The number of hydrogen-bond acceptors (Lipinski definition) is 5. The lowest BCUT2D eigenvalue weighted by atomic mass is 10.5. The van der Waals surface area contributed by atoms with Crippen molar-refractivity contribution >= 4 is 0 Å². The van der Waals surface area contributed by atoms with Crippen LogP contribution in [0.15, 0.2) is 12.3 Å². The molecule has 0 fully saturated rings. The highest BCUT2D eigenvalue weighted by molar-refractivity contribution is 5.16. The fourth-order valence-corrected chi connectivity index (χ4v) is 0.640. The Morgan fingerprint density at radius 3 is 3.17 bits per heavy atom. The van der Waals surface area contributed by atoms with Gasteiger partial charge in [-0.2, -0.15) is 10.2 Å². The first-order chi connectivity index (χ1) is 5.86. The van der Waals surface area contributed by atoms with Gasteiger partial charge in [-0.05, 0) is 0 Å². The molecule has 0 aliphatic carbocycles. The first-order valence-electron chi connectivity index (χ1n) is 3.43. The van der Waals surface area contributed by atoms with Crippen LogP contribution < -0.4 is 10.5 Å². The van der Waals surface area contributed by atoms with E-state index in [-0.39, 0.29) is 5.82 Å². The summed E-state index contributed by atoms with van der Waals surface area (Å²) < 4.78 is 5.07. The molecular weight excluding hydrogens is 156 g/mol. The van der Waals surface area contributed by atoms with Crippen molar-refractivity contribution in [3.63, 3.8) is 0 Å². The van der Waals surface area contributed by atoms with Gasteiger partial charge >= 0.3 is 0 Å². The molecule has 1 aromatic rings. The third-order valence-corrected chi connectivity index (χ3v) is 1.10. The quantitative estimate of drug-likeness (QED) is 0.662. The lowest BCUT2D eigenvalue weighted by molar-refractivity contribution is 0.314. The van der Waals surface area contributed by atoms with Gasteiger partial charge < -0.3 is 10.5 Å². The van der Waals surface area contributed by atoms with E-state index in [9.17, 15) is 0 Å². The van der Waals surface area contributed by atoms with Gasteiger partial charge in [0.2, 0.25) is 11.7 Å². The largest absolute Gasteiger partial charge is 0.476 e. The zero-order valence-electron chi connectivity index (χ0n) is 6.40. The Balaban J connectivity index is 2.68. The van der Waals surface area contributed by atoms with Crippen molar-refractivity contribution < 1.29 is 4.74 Å². The standard InChI is InChI=1S/C7H8N4O/c8-2-4-12-7-1-3-10-6(5-9)11-7/h1,3H,2,4,8H2. The number of nitrogens with two attached hydrogens (primary N) is 1. The molecule has 0 bridgehead atoms. The minimum atomic E-state index is 0.101. The summed E-state index contributed by atoms with van der Waals surface area (Å²) in [6, 6.07) is 3.39. The highest BCUT2D eigenvalue weighted by Gasteiger charge is 1.96. The average molecular weight is 164 g/mol. The van der Waals surface area contributed by atoms with E-state index >= 15 is 0 Å². The zero-order valence-corrected chi connectivity index (χ0v) is 6.40. The van der Waals surface area contributed by atoms with Crippen molar-refractivity contribution in [2.45, 2.75) is 0 Å². The maximum Gasteiger partial charge on any atom is 0.235 e. The SMILES string of the molecule is N#Cc1nccc(OCCN)n1. The number of nitriles is 1. The first kappa shape index (κ1) is 8.43. The van der Waals surface area contributed by atoms with Gasteiger partial charge in [0.1, 0.15) is 12.7 Å². The highest BCUT2D eigenvalue weighted by Crippen LogP contribution is 2.03. The fourth-order valence-electron chi connectivity index (χ4n) is 0.640. The normalized spacial score (nSPS) is 9.00. The summed E-state index contributed by atoms with van der Waals surface area (Å²) in [5.74, 6) is 0.483. The van der Waals surface area contributed by atoms with E-state index in [1.165, 1.54) is 6.20 Å². The molecular formula is C7H8N4O. The fraction of sp³-hybridized carbons (Fsp3) is 0.286. The van der Waals surface area contributed by atoms with Gasteiger partial charge in [-0.3, -0.25) is 0 Å². The molecule has 0 spiro atoms. The second-order valence-corrected chi connectivity index (χ2v) is 1.97. The van der Waals surface area contributed by atoms with E-state index in [1.807, 2.05) is 6.07 Å². The van der Waals surface area contributed by atoms with Gasteiger partial charge in [-0.15, -0.1) is 0 Å². The second-order valence-electron chi connectivity index (χ2n) is 1.97. The average Bonchev–Trinajstić information content (AvgIpc) is 2.15. The molecule has 5 heteroatoms. The summed E-state index contributed by atoms with van der Waals surface area (Å²) in [4.78, 5) is 7.46. The van der Waals surface area contributed by atoms with Gasteiger partial charge in [-0.1, -0.05) is 0 Å². The lowest BCUT2D eigenvalue weighted by Crippen LogP contribution is -2.11. The molecule has 1 rings (SSSR count). The zero-order chi connectivity index (χ0) is 8.81. The molecule has 0 aromatic carbocycles. The molecule has 2 N–H and O–H groups in total. The maximum absolute atomic E-state index is 8.43. The second kappa shape index (κ2) is 4.26. The van der Waals surface area contributed by atoms with E-state index in [0.29, 0.717) is 19.0 Å². The number of ether oxygens (including phenoxy) is 1. The van der Waals surface area contributed by atoms with Crippen LogP contribution in [-0.4, -0.2) is 23.1 Å². The van der Waals surface area contributed by atoms with E-state index in [1.54, 1.807) is 6.07 Å². The molecule has 0 amide bonds. The summed E-state index contributed by atoms with van der Waals surface area (Å²) in [7, 11) is 0. The predicted molar refractivity (Wildman–Crippen MR) is 41.3 cm³/mol. The van der Waals surface area contributed by atoms with Crippen LogP contribution in [0.5, 0.6) is 5.88 Å². The molecule has 1 heterocycles. The molecule has 12 heavy (non-hydrogen) atoms. The van der Waals surface area contributed by atoms with Gasteiger partial charge in [0.05, 0.1) is 0 Å². The van der Waals surface area contributed by atoms with Crippen LogP contribution in [0.3, 0.4) is 0 Å². The first-order valence-corrected chi connectivity index (χ1v) is 3.43. The van der Waals surface area contributed by atoms with Crippen LogP contribution in [-0.2, 0) is 0 Å². The number of rotatable bonds is 3. The lowest BCUT2D eigenvalue weighted by Gasteiger charge is -2.01. The molecule has 0 saturated heterocycles. The molecule has 1 aromatic heterocycles. The number of nitrogens with zero attached hydrogens (tertiary/aromatic N) is 3. The summed E-state index contributed by atoms with van der Waals surface area (Å²) in [5.41, 5.74) is 5.21. The molecule has 0 atom stereocenters. The Hall–Kier alpha value is -1.67. The topological polar surface area (TPSA) is 84.8 Å².